The Kier molecular flexibility index (Phi) is 7.29. The zero-order valence-electron chi connectivity index (χ0n) is 17.4. The summed E-state index contributed by atoms with van der Waals surface area (Å²) in [5.74, 6) is 0.551. The minimum atomic E-state index is -0.879. The van der Waals surface area contributed by atoms with E-state index in [1.165, 1.54) is 4.90 Å². The fraction of sp³-hybridized carbons (Fsp3) is 0.737. The molecule has 0 aromatic carbocycles. The summed E-state index contributed by atoms with van der Waals surface area (Å²) < 4.78 is 12.3. The van der Waals surface area contributed by atoms with Crippen LogP contribution in [0.25, 0.3) is 0 Å². The number of ether oxygens (including phenoxy) is 2. The van der Waals surface area contributed by atoms with Gasteiger partial charge in [0.05, 0.1) is 12.3 Å². The van der Waals surface area contributed by atoms with Crippen LogP contribution >= 0.6 is 0 Å². The molecule has 0 fully saturated rings. The molecule has 0 saturated carbocycles. The van der Waals surface area contributed by atoms with Crippen molar-refractivity contribution < 1.29 is 24.2 Å². The van der Waals surface area contributed by atoms with E-state index >= 15 is 0 Å². The van der Waals surface area contributed by atoms with Crippen molar-refractivity contribution in [2.24, 2.45) is 0 Å². The van der Waals surface area contributed by atoms with Crippen molar-refractivity contribution in [3.8, 4) is 0 Å². The van der Waals surface area contributed by atoms with Gasteiger partial charge in [-0.15, -0.1) is 0 Å². The number of aromatic nitrogens is 2. The van der Waals surface area contributed by atoms with Crippen LogP contribution in [0.2, 0.25) is 0 Å². The zero-order chi connectivity index (χ0) is 20.9. The van der Waals surface area contributed by atoms with Crippen molar-refractivity contribution in [1.82, 2.24) is 15.1 Å². The molecule has 0 saturated heterocycles. The van der Waals surface area contributed by atoms with Crippen LogP contribution < -0.4 is 10.2 Å². The van der Waals surface area contributed by atoms with Gasteiger partial charge < -0.3 is 19.9 Å². The Hall–Kier alpha value is -2.29. The largest absolute Gasteiger partial charge is 0.447 e. The number of anilines is 1. The lowest BCUT2D eigenvalue weighted by Gasteiger charge is -2.31. The van der Waals surface area contributed by atoms with Gasteiger partial charge in [0.15, 0.2) is 0 Å². The Bertz CT molecular complexity index is 682. The molecule has 2 amide bonds. The van der Waals surface area contributed by atoms with E-state index in [1.54, 1.807) is 10.9 Å². The van der Waals surface area contributed by atoms with Gasteiger partial charge in [-0.1, -0.05) is 6.92 Å². The topological polar surface area (TPSA) is 106 Å². The van der Waals surface area contributed by atoms with Crippen LogP contribution in [0.15, 0.2) is 6.20 Å². The molecular weight excluding hydrogens is 364 g/mol. The van der Waals surface area contributed by atoms with Gasteiger partial charge in [-0.3, -0.25) is 4.90 Å². The third-order valence-electron chi connectivity index (χ3n) is 4.39. The SMILES string of the molecule is CCC(C)OC(=O)NCCC(O)c1cnn2c1N(C(=O)OC(C)(C)C)CCC2. The number of hydrogen-bond acceptors (Lipinski definition) is 6. The fourth-order valence-corrected chi connectivity index (χ4v) is 2.84. The lowest BCUT2D eigenvalue weighted by Crippen LogP contribution is -2.41. The summed E-state index contributed by atoms with van der Waals surface area (Å²) in [4.78, 5) is 25.8. The molecule has 1 aliphatic rings. The van der Waals surface area contributed by atoms with Crippen LogP contribution in [0.5, 0.6) is 0 Å². The molecule has 9 heteroatoms. The van der Waals surface area contributed by atoms with Gasteiger partial charge in [-0.05, 0) is 47.0 Å². The first-order valence-corrected chi connectivity index (χ1v) is 9.81. The van der Waals surface area contributed by atoms with Crippen LogP contribution in [-0.4, -0.2) is 51.9 Å². The van der Waals surface area contributed by atoms with Gasteiger partial charge in [0.25, 0.3) is 0 Å². The average molecular weight is 396 g/mol. The van der Waals surface area contributed by atoms with E-state index < -0.39 is 23.9 Å². The monoisotopic (exact) mass is 396 g/mol. The third-order valence-corrected chi connectivity index (χ3v) is 4.39. The van der Waals surface area contributed by atoms with E-state index in [-0.39, 0.29) is 19.1 Å². The summed E-state index contributed by atoms with van der Waals surface area (Å²) in [6, 6.07) is 0. The predicted octanol–water partition coefficient (Wildman–Crippen LogP) is 2.98. The fourth-order valence-electron chi connectivity index (χ4n) is 2.84. The quantitative estimate of drug-likeness (QED) is 0.766. The maximum Gasteiger partial charge on any atom is 0.416 e. The summed E-state index contributed by atoms with van der Waals surface area (Å²) in [6.07, 6.45) is 1.33. The normalized spacial score (nSPS) is 16.1. The molecule has 2 unspecified atom stereocenters. The maximum atomic E-state index is 12.6. The molecule has 1 aromatic rings. The Morgan fingerprint density at radius 1 is 1.36 bits per heavy atom. The van der Waals surface area contributed by atoms with Gasteiger partial charge >= 0.3 is 12.2 Å². The highest BCUT2D eigenvalue weighted by atomic mass is 16.6. The number of rotatable bonds is 6. The molecule has 1 aromatic heterocycles. The lowest BCUT2D eigenvalue weighted by atomic mass is 10.1. The highest BCUT2D eigenvalue weighted by Gasteiger charge is 2.32. The molecule has 2 rings (SSSR count). The van der Waals surface area contributed by atoms with Gasteiger partial charge in [-0.2, -0.15) is 5.10 Å². The minimum Gasteiger partial charge on any atom is -0.447 e. The van der Waals surface area contributed by atoms with Crippen LogP contribution in [0.1, 0.15) is 65.5 Å². The molecule has 0 radical (unpaired) electrons. The zero-order valence-corrected chi connectivity index (χ0v) is 17.4. The first kappa shape index (κ1) is 22.0. The van der Waals surface area contributed by atoms with E-state index in [2.05, 4.69) is 10.4 Å². The van der Waals surface area contributed by atoms with Crippen LogP contribution in [0, 0.1) is 0 Å². The number of nitrogens with one attached hydrogen (secondary N) is 1. The number of aliphatic hydroxyl groups is 1. The van der Waals surface area contributed by atoms with E-state index in [0.717, 1.165) is 12.8 Å². The first-order valence-electron chi connectivity index (χ1n) is 9.81. The van der Waals surface area contributed by atoms with Gasteiger partial charge in [0.1, 0.15) is 17.5 Å². The van der Waals surface area contributed by atoms with Gasteiger partial charge in [0, 0.05) is 25.2 Å². The summed E-state index contributed by atoms with van der Waals surface area (Å²) in [5.41, 5.74) is -0.0689. The smallest absolute Gasteiger partial charge is 0.416 e. The van der Waals surface area contributed by atoms with Crippen molar-refractivity contribution in [3.05, 3.63) is 11.8 Å². The van der Waals surface area contributed by atoms with E-state index in [9.17, 15) is 14.7 Å². The molecular formula is C19H32N4O5. The summed E-state index contributed by atoms with van der Waals surface area (Å²) >= 11 is 0. The van der Waals surface area contributed by atoms with E-state index in [4.69, 9.17) is 9.47 Å². The van der Waals surface area contributed by atoms with E-state index in [1.807, 2.05) is 34.6 Å². The van der Waals surface area contributed by atoms with Gasteiger partial charge in [0.2, 0.25) is 0 Å². The van der Waals surface area contributed by atoms with Crippen molar-refractivity contribution in [1.29, 1.82) is 0 Å². The average Bonchev–Trinajstić information content (AvgIpc) is 3.04. The molecule has 158 valence electrons. The predicted molar refractivity (Wildman–Crippen MR) is 104 cm³/mol. The highest BCUT2D eigenvalue weighted by Crippen LogP contribution is 2.32. The number of aliphatic hydroxyl groups excluding tert-OH is 1. The Morgan fingerprint density at radius 2 is 2.07 bits per heavy atom. The maximum absolute atomic E-state index is 12.6. The molecule has 2 heterocycles. The molecule has 0 bridgehead atoms. The third kappa shape index (κ3) is 5.85. The summed E-state index contributed by atoms with van der Waals surface area (Å²) in [7, 11) is 0. The number of nitrogens with zero attached hydrogens (tertiary/aromatic N) is 3. The molecule has 9 nitrogen and oxygen atoms in total. The molecule has 2 atom stereocenters. The Labute approximate surface area is 166 Å². The molecule has 1 aliphatic heterocycles. The minimum absolute atomic E-state index is 0.157. The van der Waals surface area contributed by atoms with Crippen LogP contribution in [-0.2, 0) is 16.0 Å². The Morgan fingerprint density at radius 3 is 2.71 bits per heavy atom. The number of carbonyl (C=O) groups excluding carboxylic acids is 2. The number of amides is 2. The van der Waals surface area contributed by atoms with Crippen molar-refractivity contribution in [3.63, 3.8) is 0 Å². The molecule has 2 N–H and O–H groups in total. The highest BCUT2D eigenvalue weighted by molar-refractivity contribution is 5.88. The standard InChI is InChI=1S/C19H32N4O5/c1-6-13(2)27-17(25)20-9-8-15(24)14-12-21-23-11-7-10-22(16(14)23)18(26)28-19(3,4)5/h12-13,15,24H,6-11H2,1-5H3,(H,20,25). The number of hydrogen-bond donors (Lipinski definition) is 2. The summed E-state index contributed by atoms with van der Waals surface area (Å²) in [6.45, 7) is 10.6. The Balaban J connectivity index is 2.02. The van der Waals surface area contributed by atoms with Crippen LogP contribution in [0.4, 0.5) is 15.4 Å². The number of carbonyl (C=O) groups is 2. The van der Waals surface area contributed by atoms with Crippen LogP contribution in [0.3, 0.4) is 0 Å². The van der Waals surface area contributed by atoms with E-state index in [0.29, 0.717) is 24.5 Å². The van der Waals surface area contributed by atoms with Crippen molar-refractivity contribution in [2.45, 2.75) is 78.2 Å². The van der Waals surface area contributed by atoms with Gasteiger partial charge in [-0.25, -0.2) is 14.3 Å². The van der Waals surface area contributed by atoms with Crippen molar-refractivity contribution in [2.75, 3.05) is 18.0 Å². The number of fused-ring (bicyclic) bond motifs is 1. The lowest BCUT2D eigenvalue weighted by molar-refractivity contribution is 0.0571. The number of aryl methyl sites for hydroxylation is 1. The second kappa shape index (κ2) is 9.27. The number of alkyl carbamates (subject to hydrolysis) is 1. The second-order valence-electron chi connectivity index (χ2n) is 7.99. The van der Waals surface area contributed by atoms with Crippen molar-refractivity contribution >= 4 is 18.0 Å². The second-order valence-corrected chi connectivity index (χ2v) is 7.99. The molecule has 0 aliphatic carbocycles. The first-order chi connectivity index (χ1) is 13.1. The molecule has 28 heavy (non-hydrogen) atoms. The molecule has 0 spiro atoms. The summed E-state index contributed by atoms with van der Waals surface area (Å²) in [5, 5.41) is 17.5.